The van der Waals surface area contributed by atoms with Gasteiger partial charge >= 0.3 is 0 Å². The number of anilines is 1. The van der Waals surface area contributed by atoms with Crippen molar-refractivity contribution in [2.45, 2.75) is 6.04 Å². The van der Waals surface area contributed by atoms with E-state index in [1.165, 1.54) is 10.8 Å². The van der Waals surface area contributed by atoms with Crippen molar-refractivity contribution in [3.63, 3.8) is 0 Å². The van der Waals surface area contributed by atoms with E-state index in [1.807, 2.05) is 0 Å². The van der Waals surface area contributed by atoms with Crippen molar-refractivity contribution >= 4 is 16.6 Å². The van der Waals surface area contributed by atoms with Gasteiger partial charge in [0.2, 0.25) is 0 Å². The zero-order valence-corrected chi connectivity index (χ0v) is 12.7. The van der Waals surface area contributed by atoms with Crippen LogP contribution in [0.3, 0.4) is 0 Å². The largest absolute Gasteiger partial charge is 0.378 e. The molecule has 0 amide bonds. The van der Waals surface area contributed by atoms with Crippen LogP contribution in [0.4, 0.5) is 5.82 Å². The molecule has 0 spiro atoms. The summed E-state index contributed by atoms with van der Waals surface area (Å²) in [5.41, 5.74) is 1.13. The molecular formula is C17H22N4O. The normalized spacial score (nSPS) is 22.9. The van der Waals surface area contributed by atoms with Crippen molar-refractivity contribution in [3.05, 3.63) is 36.0 Å². The maximum absolute atomic E-state index is 5.49. The number of aromatic nitrogens is 1. The number of nitrogens with zero attached hydrogens (tertiary/aromatic N) is 2. The Labute approximate surface area is 130 Å². The van der Waals surface area contributed by atoms with Gasteiger partial charge in [-0.3, -0.25) is 0 Å². The number of piperazine rings is 1. The van der Waals surface area contributed by atoms with Crippen LogP contribution < -0.4 is 15.5 Å². The summed E-state index contributed by atoms with van der Waals surface area (Å²) in [5.74, 6) is 1.10. The predicted molar refractivity (Wildman–Crippen MR) is 88.4 cm³/mol. The number of hydrogen-bond acceptors (Lipinski definition) is 5. The van der Waals surface area contributed by atoms with E-state index in [4.69, 9.17) is 9.72 Å². The second-order valence-electron chi connectivity index (χ2n) is 5.90. The summed E-state index contributed by atoms with van der Waals surface area (Å²) in [4.78, 5) is 7.37. The van der Waals surface area contributed by atoms with Crippen molar-refractivity contribution in [2.75, 3.05) is 50.8 Å². The highest BCUT2D eigenvalue weighted by Gasteiger charge is 2.20. The molecule has 0 saturated carbocycles. The second kappa shape index (κ2) is 6.20. The minimum atomic E-state index is 0.290. The number of pyridine rings is 1. The summed E-state index contributed by atoms with van der Waals surface area (Å²) in [6.45, 7) is 6.35. The Morgan fingerprint density at radius 2 is 2.00 bits per heavy atom. The monoisotopic (exact) mass is 298 g/mol. The quantitative estimate of drug-likeness (QED) is 0.875. The van der Waals surface area contributed by atoms with Crippen molar-refractivity contribution in [1.29, 1.82) is 0 Å². The van der Waals surface area contributed by atoms with Crippen LogP contribution >= 0.6 is 0 Å². The third-order valence-corrected chi connectivity index (χ3v) is 4.45. The summed E-state index contributed by atoms with van der Waals surface area (Å²) in [7, 11) is 0. The van der Waals surface area contributed by atoms with Crippen LogP contribution in [0, 0.1) is 0 Å². The van der Waals surface area contributed by atoms with Crippen LogP contribution in [0.1, 0.15) is 11.7 Å². The third-order valence-electron chi connectivity index (χ3n) is 4.45. The molecule has 2 saturated heterocycles. The van der Waals surface area contributed by atoms with Gasteiger partial charge in [-0.1, -0.05) is 24.3 Å². The van der Waals surface area contributed by atoms with Gasteiger partial charge in [0.25, 0.3) is 0 Å². The summed E-state index contributed by atoms with van der Waals surface area (Å²) in [6.07, 6.45) is 0. The molecule has 0 aliphatic carbocycles. The lowest BCUT2D eigenvalue weighted by atomic mass is 10.1. The van der Waals surface area contributed by atoms with Gasteiger partial charge in [0.15, 0.2) is 0 Å². The molecule has 1 aromatic carbocycles. The maximum Gasteiger partial charge on any atom is 0.136 e. The fraction of sp³-hybridized carbons (Fsp3) is 0.471. The van der Waals surface area contributed by atoms with Gasteiger partial charge < -0.3 is 20.3 Å². The Hall–Kier alpha value is -1.69. The molecule has 5 nitrogen and oxygen atoms in total. The van der Waals surface area contributed by atoms with Crippen LogP contribution in [0.2, 0.25) is 0 Å². The Bertz CT molecular complexity index is 648. The standard InChI is InChI=1S/C17H22N4O/c1-2-4-14-13(3-1)11-15(16-12-18-5-6-19-16)20-17(14)21-7-9-22-10-8-21/h1-4,11,16,18-19H,5-10,12H2. The molecule has 1 unspecified atom stereocenters. The van der Waals surface area contributed by atoms with Gasteiger partial charge in [-0.25, -0.2) is 4.98 Å². The molecule has 22 heavy (non-hydrogen) atoms. The number of ether oxygens (including phenoxy) is 1. The highest BCUT2D eigenvalue weighted by Crippen LogP contribution is 2.28. The molecule has 2 N–H and O–H groups in total. The van der Waals surface area contributed by atoms with Crippen LogP contribution in [0.15, 0.2) is 30.3 Å². The molecule has 0 bridgehead atoms. The highest BCUT2D eigenvalue weighted by molar-refractivity contribution is 5.92. The van der Waals surface area contributed by atoms with Crippen molar-refractivity contribution in [2.24, 2.45) is 0 Å². The predicted octanol–water partition coefficient (Wildman–Crippen LogP) is 1.31. The van der Waals surface area contributed by atoms with E-state index in [9.17, 15) is 0 Å². The number of morpholine rings is 1. The smallest absolute Gasteiger partial charge is 0.136 e. The van der Waals surface area contributed by atoms with Crippen LogP contribution in [0.25, 0.3) is 10.8 Å². The Morgan fingerprint density at radius 3 is 2.82 bits per heavy atom. The van der Waals surface area contributed by atoms with Crippen molar-refractivity contribution in [3.8, 4) is 0 Å². The van der Waals surface area contributed by atoms with E-state index in [-0.39, 0.29) is 6.04 Å². The van der Waals surface area contributed by atoms with Crippen molar-refractivity contribution < 1.29 is 4.74 Å². The Balaban J connectivity index is 1.78. The molecule has 2 aromatic rings. The Morgan fingerprint density at radius 1 is 1.14 bits per heavy atom. The van der Waals surface area contributed by atoms with E-state index < -0.39 is 0 Å². The summed E-state index contributed by atoms with van der Waals surface area (Å²) in [6, 6.07) is 11.1. The molecular weight excluding hydrogens is 276 g/mol. The molecule has 1 atom stereocenters. The van der Waals surface area contributed by atoms with E-state index in [1.54, 1.807) is 0 Å². The number of fused-ring (bicyclic) bond motifs is 1. The third kappa shape index (κ3) is 2.67. The first kappa shape index (κ1) is 13.9. The molecule has 1 aromatic heterocycles. The molecule has 5 heteroatoms. The lowest BCUT2D eigenvalue weighted by Gasteiger charge is -2.30. The number of nitrogens with one attached hydrogen (secondary N) is 2. The van der Waals surface area contributed by atoms with E-state index in [0.29, 0.717) is 0 Å². The number of hydrogen-bond donors (Lipinski definition) is 2. The van der Waals surface area contributed by atoms with Gasteiger partial charge in [-0.05, 0) is 11.5 Å². The maximum atomic E-state index is 5.49. The lowest BCUT2D eigenvalue weighted by Crippen LogP contribution is -2.43. The van der Waals surface area contributed by atoms with Crippen LogP contribution in [0.5, 0.6) is 0 Å². The second-order valence-corrected chi connectivity index (χ2v) is 5.90. The van der Waals surface area contributed by atoms with Crippen molar-refractivity contribution in [1.82, 2.24) is 15.6 Å². The molecule has 2 aliphatic rings. The lowest BCUT2D eigenvalue weighted by molar-refractivity contribution is 0.122. The molecule has 0 radical (unpaired) electrons. The zero-order valence-electron chi connectivity index (χ0n) is 12.7. The highest BCUT2D eigenvalue weighted by atomic mass is 16.5. The van der Waals surface area contributed by atoms with E-state index in [2.05, 4.69) is 45.9 Å². The van der Waals surface area contributed by atoms with Gasteiger partial charge in [0.1, 0.15) is 5.82 Å². The fourth-order valence-corrected chi connectivity index (χ4v) is 3.26. The Kier molecular flexibility index (Phi) is 3.93. The molecule has 4 rings (SSSR count). The molecule has 2 aliphatic heterocycles. The number of benzene rings is 1. The first-order chi connectivity index (χ1) is 10.9. The summed E-state index contributed by atoms with van der Waals surface area (Å²) >= 11 is 0. The van der Waals surface area contributed by atoms with Crippen LogP contribution in [-0.4, -0.2) is 50.9 Å². The van der Waals surface area contributed by atoms with Crippen LogP contribution in [-0.2, 0) is 4.74 Å². The molecule has 116 valence electrons. The average Bonchev–Trinajstić information content (AvgIpc) is 2.62. The summed E-state index contributed by atoms with van der Waals surface area (Å²) in [5, 5.41) is 9.50. The minimum Gasteiger partial charge on any atom is -0.378 e. The number of rotatable bonds is 2. The molecule has 2 fully saturated rings. The molecule has 3 heterocycles. The van der Waals surface area contributed by atoms with E-state index >= 15 is 0 Å². The zero-order chi connectivity index (χ0) is 14.8. The average molecular weight is 298 g/mol. The SMILES string of the molecule is c1ccc2c(N3CCOCC3)nc(C3CNCCN3)cc2c1. The minimum absolute atomic E-state index is 0.290. The first-order valence-electron chi connectivity index (χ1n) is 8.08. The first-order valence-corrected chi connectivity index (χ1v) is 8.08. The fourth-order valence-electron chi connectivity index (χ4n) is 3.26. The summed E-state index contributed by atoms with van der Waals surface area (Å²) < 4.78 is 5.49. The van der Waals surface area contributed by atoms with Gasteiger partial charge in [-0.2, -0.15) is 0 Å². The van der Waals surface area contributed by atoms with Gasteiger partial charge in [-0.15, -0.1) is 0 Å². The van der Waals surface area contributed by atoms with E-state index in [0.717, 1.165) is 57.4 Å². The van der Waals surface area contributed by atoms with Gasteiger partial charge in [0, 0.05) is 38.1 Å². The van der Waals surface area contributed by atoms with Gasteiger partial charge in [0.05, 0.1) is 24.9 Å². The topological polar surface area (TPSA) is 49.4 Å².